The normalized spacial score (nSPS) is 26.6. The van der Waals surface area contributed by atoms with Gasteiger partial charge in [-0.05, 0) is 37.1 Å². The number of nitrogens with zero attached hydrogens (tertiary/aromatic N) is 1. The second-order valence-corrected chi connectivity index (χ2v) is 5.08. The molecule has 1 heterocycles. The van der Waals surface area contributed by atoms with E-state index in [4.69, 9.17) is 11.6 Å². The molecule has 3 rings (SSSR count). The van der Waals surface area contributed by atoms with Gasteiger partial charge >= 0.3 is 0 Å². The molecule has 1 fully saturated rings. The zero-order valence-electron chi connectivity index (χ0n) is 9.67. The van der Waals surface area contributed by atoms with Crippen molar-refractivity contribution in [3.05, 3.63) is 41.4 Å². The molecule has 1 aromatic carbocycles. The van der Waals surface area contributed by atoms with Crippen LogP contribution >= 0.6 is 11.6 Å². The Bertz CT molecular complexity index is 509. The summed E-state index contributed by atoms with van der Waals surface area (Å²) in [6.45, 7) is 0. The van der Waals surface area contributed by atoms with Gasteiger partial charge in [0.2, 0.25) is 11.8 Å². The van der Waals surface area contributed by atoms with Gasteiger partial charge in [-0.15, -0.1) is 0 Å². The molecule has 1 saturated heterocycles. The van der Waals surface area contributed by atoms with Crippen LogP contribution in [0.4, 0.5) is 5.69 Å². The molecule has 0 spiro atoms. The van der Waals surface area contributed by atoms with Crippen LogP contribution in [0.3, 0.4) is 0 Å². The van der Waals surface area contributed by atoms with E-state index >= 15 is 0 Å². The van der Waals surface area contributed by atoms with E-state index in [0.29, 0.717) is 23.6 Å². The maximum atomic E-state index is 12.3. The Morgan fingerprint density at radius 3 is 1.94 bits per heavy atom. The van der Waals surface area contributed by atoms with E-state index in [1.165, 1.54) is 4.90 Å². The Balaban J connectivity index is 1.96. The molecule has 1 aliphatic carbocycles. The smallest absolute Gasteiger partial charge is 0.238 e. The number of hydrogen-bond acceptors (Lipinski definition) is 2. The van der Waals surface area contributed by atoms with Gasteiger partial charge in [0.05, 0.1) is 17.5 Å². The molecule has 0 N–H and O–H groups in total. The van der Waals surface area contributed by atoms with Crippen molar-refractivity contribution in [3.63, 3.8) is 0 Å². The molecule has 1 aliphatic heterocycles. The third-order valence-corrected chi connectivity index (χ3v) is 3.84. The average Bonchev–Trinajstić information content (AvgIpc) is 2.64. The van der Waals surface area contributed by atoms with Crippen molar-refractivity contribution in [2.75, 3.05) is 4.90 Å². The van der Waals surface area contributed by atoms with Crippen LogP contribution in [0.15, 0.2) is 36.4 Å². The zero-order valence-corrected chi connectivity index (χ0v) is 10.4. The topological polar surface area (TPSA) is 37.4 Å². The number of benzene rings is 1. The fourth-order valence-corrected chi connectivity index (χ4v) is 2.77. The summed E-state index contributed by atoms with van der Waals surface area (Å²) < 4.78 is 0. The van der Waals surface area contributed by atoms with E-state index in [2.05, 4.69) is 0 Å². The summed E-state index contributed by atoms with van der Waals surface area (Å²) in [5.74, 6) is -0.537. The van der Waals surface area contributed by atoms with Gasteiger partial charge in [-0.3, -0.25) is 14.5 Å². The monoisotopic (exact) mass is 261 g/mol. The van der Waals surface area contributed by atoms with E-state index in [-0.39, 0.29) is 23.7 Å². The minimum absolute atomic E-state index is 0.0864. The lowest BCUT2D eigenvalue weighted by molar-refractivity contribution is -0.122. The fourth-order valence-electron chi connectivity index (χ4n) is 2.64. The minimum atomic E-state index is -0.182. The predicted octanol–water partition coefficient (Wildman–Crippen LogP) is 2.80. The number of hydrogen-bond donors (Lipinski definition) is 0. The van der Waals surface area contributed by atoms with E-state index in [0.717, 1.165) is 0 Å². The van der Waals surface area contributed by atoms with Crippen LogP contribution in [0, 0.1) is 11.8 Å². The summed E-state index contributed by atoms with van der Waals surface area (Å²) in [6, 6.07) is 6.81. The number of amides is 2. The summed E-state index contributed by atoms with van der Waals surface area (Å²) in [7, 11) is 0. The van der Waals surface area contributed by atoms with Crippen molar-refractivity contribution in [3.8, 4) is 0 Å². The van der Waals surface area contributed by atoms with Gasteiger partial charge in [0, 0.05) is 5.02 Å². The molecule has 2 amide bonds. The van der Waals surface area contributed by atoms with Crippen molar-refractivity contribution >= 4 is 29.1 Å². The van der Waals surface area contributed by atoms with Crippen LogP contribution in [0.5, 0.6) is 0 Å². The fraction of sp³-hybridized carbons (Fsp3) is 0.286. The van der Waals surface area contributed by atoms with Gasteiger partial charge in [0.1, 0.15) is 0 Å². The largest absolute Gasteiger partial charge is 0.274 e. The molecule has 0 saturated carbocycles. The highest BCUT2D eigenvalue weighted by Crippen LogP contribution is 2.37. The van der Waals surface area contributed by atoms with Gasteiger partial charge in [-0.1, -0.05) is 23.8 Å². The average molecular weight is 262 g/mol. The van der Waals surface area contributed by atoms with Crippen molar-refractivity contribution < 1.29 is 9.59 Å². The molecule has 18 heavy (non-hydrogen) atoms. The van der Waals surface area contributed by atoms with Crippen molar-refractivity contribution in [2.45, 2.75) is 12.8 Å². The van der Waals surface area contributed by atoms with Gasteiger partial charge < -0.3 is 0 Å². The summed E-state index contributed by atoms with van der Waals surface area (Å²) in [5, 5.41) is 0.594. The summed E-state index contributed by atoms with van der Waals surface area (Å²) in [4.78, 5) is 25.9. The van der Waals surface area contributed by atoms with Gasteiger partial charge in [0.15, 0.2) is 0 Å². The first kappa shape index (κ1) is 11.5. The van der Waals surface area contributed by atoms with E-state index in [1.54, 1.807) is 24.3 Å². The molecule has 2 unspecified atom stereocenters. The van der Waals surface area contributed by atoms with Crippen LogP contribution < -0.4 is 4.90 Å². The van der Waals surface area contributed by atoms with E-state index < -0.39 is 0 Å². The first-order valence-corrected chi connectivity index (χ1v) is 6.34. The third-order valence-electron chi connectivity index (χ3n) is 3.59. The molecule has 92 valence electrons. The number of carbonyl (C=O) groups is 2. The molecule has 0 aromatic heterocycles. The van der Waals surface area contributed by atoms with E-state index in [1.807, 2.05) is 12.2 Å². The zero-order chi connectivity index (χ0) is 12.7. The molecule has 3 nitrogen and oxygen atoms in total. The molecular formula is C14H12ClNO2. The highest BCUT2D eigenvalue weighted by Gasteiger charge is 2.47. The third kappa shape index (κ3) is 1.66. The second-order valence-electron chi connectivity index (χ2n) is 4.64. The number of fused-ring (bicyclic) bond motifs is 1. The lowest BCUT2D eigenvalue weighted by Gasteiger charge is -2.14. The molecule has 0 bridgehead atoms. The van der Waals surface area contributed by atoms with E-state index in [9.17, 15) is 9.59 Å². The Hall–Kier alpha value is -1.61. The molecular weight excluding hydrogens is 250 g/mol. The SMILES string of the molecule is O=C1C2CC=CCC2C(=O)N1c1ccc(Cl)cc1. The summed E-state index contributed by atoms with van der Waals surface area (Å²) in [6.07, 6.45) is 5.30. The quantitative estimate of drug-likeness (QED) is 0.576. The molecule has 1 aromatic rings. The maximum Gasteiger partial charge on any atom is 0.238 e. The number of carbonyl (C=O) groups excluding carboxylic acids is 2. The Morgan fingerprint density at radius 2 is 1.44 bits per heavy atom. The first-order valence-electron chi connectivity index (χ1n) is 5.97. The molecule has 0 radical (unpaired) electrons. The van der Waals surface area contributed by atoms with Gasteiger partial charge in [0.25, 0.3) is 0 Å². The van der Waals surface area contributed by atoms with Crippen LogP contribution in [-0.2, 0) is 9.59 Å². The van der Waals surface area contributed by atoms with Crippen molar-refractivity contribution in [1.29, 1.82) is 0 Å². The Kier molecular flexibility index (Phi) is 2.71. The minimum Gasteiger partial charge on any atom is -0.274 e. The van der Waals surface area contributed by atoms with Crippen LogP contribution in [0.2, 0.25) is 5.02 Å². The van der Waals surface area contributed by atoms with Crippen LogP contribution in [-0.4, -0.2) is 11.8 Å². The van der Waals surface area contributed by atoms with Gasteiger partial charge in [-0.2, -0.15) is 0 Å². The molecule has 2 aliphatic rings. The molecule has 2 atom stereocenters. The predicted molar refractivity (Wildman–Crippen MR) is 69.3 cm³/mol. The van der Waals surface area contributed by atoms with Crippen LogP contribution in [0.25, 0.3) is 0 Å². The number of imide groups is 1. The maximum absolute atomic E-state index is 12.3. The number of halogens is 1. The van der Waals surface area contributed by atoms with Crippen molar-refractivity contribution in [2.24, 2.45) is 11.8 Å². The molecule has 4 heteroatoms. The number of anilines is 1. The lowest BCUT2D eigenvalue weighted by atomic mass is 9.85. The van der Waals surface area contributed by atoms with Gasteiger partial charge in [-0.25, -0.2) is 0 Å². The van der Waals surface area contributed by atoms with Crippen molar-refractivity contribution in [1.82, 2.24) is 0 Å². The summed E-state index contributed by atoms with van der Waals surface area (Å²) >= 11 is 5.81. The lowest BCUT2D eigenvalue weighted by Crippen LogP contribution is -2.30. The standard InChI is InChI=1S/C14H12ClNO2/c15-9-5-7-10(8-6-9)16-13(17)11-3-1-2-4-12(11)14(16)18/h1-2,5-8,11-12H,3-4H2. The Morgan fingerprint density at radius 1 is 0.944 bits per heavy atom. The van der Waals surface area contributed by atoms with Crippen LogP contribution in [0.1, 0.15) is 12.8 Å². The first-order chi connectivity index (χ1) is 8.68. The summed E-state index contributed by atoms with van der Waals surface area (Å²) in [5.41, 5.74) is 0.615. The number of allylic oxidation sites excluding steroid dienone is 2. The highest BCUT2D eigenvalue weighted by molar-refractivity contribution is 6.30. The Labute approximate surface area is 110 Å². The second kappa shape index (κ2) is 4.25. The number of rotatable bonds is 1. The highest BCUT2D eigenvalue weighted by atomic mass is 35.5.